The van der Waals surface area contributed by atoms with Crippen LogP contribution < -0.4 is 10.1 Å². The van der Waals surface area contributed by atoms with Crippen molar-refractivity contribution in [1.29, 1.82) is 0 Å². The Morgan fingerprint density at radius 1 is 1.24 bits per heavy atom. The van der Waals surface area contributed by atoms with E-state index in [0.29, 0.717) is 25.5 Å². The number of benzene rings is 1. The molecule has 0 radical (unpaired) electrons. The van der Waals surface area contributed by atoms with Gasteiger partial charge in [0.25, 0.3) is 0 Å². The molecule has 2 aliphatic rings. The van der Waals surface area contributed by atoms with Gasteiger partial charge in [-0.05, 0) is 56.1 Å². The Labute approximate surface area is 127 Å². The predicted molar refractivity (Wildman–Crippen MR) is 83.2 cm³/mol. The lowest BCUT2D eigenvalue weighted by Gasteiger charge is -2.20. The van der Waals surface area contributed by atoms with E-state index in [4.69, 9.17) is 4.74 Å². The highest BCUT2D eigenvalue weighted by Crippen LogP contribution is 2.49. The molecule has 1 aromatic carbocycles. The molecular formula is C18H25NO2. The normalized spacial score (nSPS) is 26.8. The first-order valence-corrected chi connectivity index (χ1v) is 8.17. The highest BCUT2D eigenvalue weighted by Gasteiger charge is 2.39. The van der Waals surface area contributed by atoms with Gasteiger partial charge in [-0.25, -0.2) is 0 Å². The number of carbonyl (C=O) groups excluding carboxylic acids is 1. The topological polar surface area (TPSA) is 38.3 Å². The van der Waals surface area contributed by atoms with Gasteiger partial charge < -0.3 is 10.1 Å². The molecule has 3 rings (SSSR count). The van der Waals surface area contributed by atoms with E-state index < -0.39 is 0 Å². The minimum absolute atomic E-state index is 0.194. The van der Waals surface area contributed by atoms with Gasteiger partial charge >= 0.3 is 0 Å². The second-order valence-corrected chi connectivity index (χ2v) is 6.65. The molecule has 0 unspecified atom stereocenters. The summed E-state index contributed by atoms with van der Waals surface area (Å²) in [6, 6.07) is 7.99. The highest BCUT2D eigenvalue weighted by molar-refractivity contribution is 5.76. The van der Waals surface area contributed by atoms with Crippen LogP contribution in [0.25, 0.3) is 0 Å². The summed E-state index contributed by atoms with van der Waals surface area (Å²) in [5, 5.41) is 2.99. The van der Waals surface area contributed by atoms with E-state index in [1.54, 1.807) is 0 Å². The summed E-state index contributed by atoms with van der Waals surface area (Å²) >= 11 is 0. The van der Waals surface area contributed by atoms with E-state index >= 15 is 0 Å². The Kier molecular flexibility index (Phi) is 4.47. The van der Waals surface area contributed by atoms with E-state index in [-0.39, 0.29) is 5.91 Å². The number of hydrogen-bond acceptors (Lipinski definition) is 2. The highest BCUT2D eigenvalue weighted by atomic mass is 16.5. The van der Waals surface area contributed by atoms with Gasteiger partial charge in [0.15, 0.2) is 0 Å². The number of nitrogens with one attached hydrogen (secondary N) is 1. The summed E-state index contributed by atoms with van der Waals surface area (Å²) in [5.74, 6) is 3.44. The van der Waals surface area contributed by atoms with Crippen LogP contribution in [0.3, 0.4) is 0 Å². The maximum Gasteiger partial charge on any atom is 0.220 e. The van der Waals surface area contributed by atoms with Gasteiger partial charge in [-0.1, -0.05) is 24.1 Å². The summed E-state index contributed by atoms with van der Waals surface area (Å²) in [4.78, 5) is 12.0. The van der Waals surface area contributed by atoms with Crippen LogP contribution in [-0.4, -0.2) is 19.1 Å². The summed E-state index contributed by atoms with van der Waals surface area (Å²) < 4.78 is 5.62. The van der Waals surface area contributed by atoms with Crippen LogP contribution in [0.1, 0.15) is 37.7 Å². The first-order valence-electron chi connectivity index (χ1n) is 8.17. The first kappa shape index (κ1) is 14.4. The number of aryl methyl sites for hydroxylation is 1. The fourth-order valence-corrected chi connectivity index (χ4v) is 3.93. The minimum atomic E-state index is 0.194. The molecule has 3 nitrogen and oxygen atoms in total. The molecular weight excluding hydrogens is 262 g/mol. The Bertz CT molecular complexity index is 482. The van der Waals surface area contributed by atoms with Crippen LogP contribution >= 0.6 is 0 Å². The number of amides is 1. The van der Waals surface area contributed by atoms with E-state index in [0.717, 1.165) is 17.6 Å². The summed E-state index contributed by atoms with van der Waals surface area (Å²) in [6.45, 7) is 3.18. The Morgan fingerprint density at radius 2 is 2.05 bits per heavy atom. The molecule has 0 spiro atoms. The molecule has 2 saturated carbocycles. The van der Waals surface area contributed by atoms with Crippen LogP contribution in [0, 0.1) is 24.7 Å². The third-order valence-corrected chi connectivity index (χ3v) is 5.05. The summed E-state index contributed by atoms with van der Waals surface area (Å²) in [7, 11) is 0. The smallest absolute Gasteiger partial charge is 0.220 e. The van der Waals surface area contributed by atoms with Crippen LogP contribution in [0.4, 0.5) is 0 Å². The van der Waals surface area contributed by atoms with E-state index in [2.05, 4.69) is 12.2 Å². The maximum atomic E-state index is 12.0. The second kappa shape index (κ2) is 6.50. The fraction of sp³-hybridized carbons (Fsp3) is 0.611. The lowest BCUT2D eigenvalue weighted by molar-refractivity contribution is -0.122. The lowest BCUT2D eigenvalue weighted by atomic mass is 9.86. The predicted octanol–water partition coefficient (Wildman–Crippen LogP) is 3.32. The quantitative estimate of drug-likeness (QED) is 0.815. The zero-order chi connectivity index (χ0) is 14.7. The number of rotatable bonds is 6. The number of ether oxygens (including phenoxy) is 1. The number of hydrogen-bond donors (Lipinski definition) is 1. The molecule has 1 aromatic rings. The van der Waals surface area contributed by atoms with Crippen molar-refractivity contribution in [2.24, 2.45) is 17.8 Å². The largest absolute Gasteiger partial charge is 0.492 e. The molecule has 0 aliphatic heterocycles. The van der Waals surface area contributed by atoms with Gasteiger partial charge in [-0.3, -0.25) is 4.79 Å². The van der Waals surface area contributed by atoms with E-state index in [9.17, 15) is 4.79 Å². The molecule has 21 heavy (non-hydrogen) atoms. The number of fused-ring (bicyclic) bond motifs is 2. The molecule has 3 heteroatoms. The molecule has 114 valence electrons. The Balaban J connectivity index is 1.32. The van der Waals surface area contributed by atoms with Crippen LogP contribution in [0.15, 0.2) is 24.3 Å². The van der Waals surface area contributed by atoms with Gasteiger partial charge in [0, 0.05) is 6.42 Å². The van der Waals surface area contributed by atoms with Crippen molar-refractivity contribution in [1.82, 2.24) is 5.32 Å². The molecule has 2 bridgehead atoms. The lowest BCUT2D eigenvalue weighted by Crippen LogP contribution is -2.30. The molecule has 0 aromatic heterocycles. The molecule has 0 heterocycles. The van der Waals surface area contributed by atoms with Gasteiger partial charge in [0.2, 0.25) is 5.91 Å². The molecule has 3 atom stereocenters. The van der Waals surface area contributed by atoms with Gasteiger partial charge in [0.05, 0.1) is 6.54 Å². The van der Waals surface area contributed by atoms with Crippen LogP contribution in [-0.2, 0) is 4.79 Å². The summed E-state index contributed by atoms with van der Waals surface area (Å²) in [5.41, 5.74) is 1.22. The molecule has 0 saturated heterocycles. The van der Waals surface area contributed by atoms with E-state index in [1.807, 2.05) is 24.3 Å². The standard InChI is InChI=1S/C18H25NO2/c1-13-2-6-17(7-3-13)21-9-8-19-18(20)12-16-11-14-4-5-15(16)10-14/h2-3,6-7,14-16H,4-5,8-12H2,1H3,(H,19,20)/t14-,15-,16-/m1/s1. The zero-order valence-corrected chi connectivity index (χ0v) is 12.8. The van der Waals surface area contributed by atoms with E-state index in [1.165, 1.54) is 31.2 Å². The van der Waals surface area contributed by atoms with Crippen molar-refractivity contribution < 1.29 is 9.53 Å². The molecule has 1 N–H and O–H groups in total. The fourth-order valence-electron chi connectivity index (χ4n) is 3.93. The zero-order valence-electron chi connectivity index (χ0n) is 12.8. The number of carbonyl (C=O) groups is 1. The third-order valence-electron chi connectivity index (χ3n) is 5.05. The Morgan fingerprint density at radius 3 is 2.71 bits per heavy atom. The van der Waals surface area contributed by atoms with Crippen molar-refractivity contribution in [2.75, 3.05) is 13.2 Å². The maximum absolute atomic E-state index is 12.0. The average Bonchev–Trinajstić information content (AvgIpc) is 3.08. The average molecular weight is 287 g/mol. The van der Waals surface area contributed by atoms with Crippen molar-refractivity contribution in [3.63, 3.8) is 0 Å². The van der Waals surface area contributed by atoms with Gasteiger partial charge in [0.1, 0.15) is 12.4 Å². The van der Waals surface area contributed by atoms with Crippen molar-refractivity contribution in [2.45, 2.75) is 39.0 Å². The molecule has 2 fully saturated rings. The monoisotopic (exact) mass is 287 g/mol. The minimum Gasteiger partial charge on any atom is -0.492 e. The van der Waals surface area contributed by atoms with Gasteiger partial charge in [-0.15, -0.1) is 0 Å². The Hall–Kier alpha value is -1.51. The van der Waals surface area contributed by atoms with Crippen LogP contribution in [0.5, 0.6) is 5.75 Å². The van der Waals surface area contributed by atoms with Crippen molar-refractivity contribution >= 4 is 5.91 Å². The first-order chi connectivity index (χ1) is 10.2. The van der Waals surface area contributed by atoms with Crippen LogP contribution in [0.2, 0.25) is 0 Å². The van der Waals surface area contributed by atoms with Crippen molar-refractivity contribution in [3.05, 3.63) is 29.8 Å². The third kappa shape index (κ3) is 3.78. The SMILES string of the molecule is Cc1ccc(OCCNC(=O)C[C@H]2C[C@@H]3CC[C@@H]2C3)cc1. The second-order valence-electron chi connectivity index (χ2n) is 6.65. The molecule has 1 amide bonds. The van der Waals surface area contributed by atoms with Gasteiger partial charge in [-0.2, -0.15) is 0 Å². The summed E-state index contributed by atoms with van der Waals surface area (Å²) in [6.07, 6.45) is 6.10. The van der Waals surface area contributed by atoms with Crippen molar-refractivity contribution in [3.8, 4) is 5.75 Å². The molecule has 2 aliphatic carbocycles.